The highest BCUT2D eigenvalue weighted by molar-refractivity contribution is 6.35. The van der Waals surface area contributed by atoms with Crippen molar-refractivity contribution in [2.24, 2.45) is 0 Å². The van der Waals surface area contributed by atoms with Crippen molar-refractivity contribution in [1.29, 1.82) is 0 Å². The first kappa shape index (κ1) is 9.93. The molecule has 0 amide bonds. The lowest BCUT2D eigenvalue weighted by Gasteiger charge is -2.04. The van der Waals surface area contributed by atoms with E-state index in [9.17, 15) is 4.79 Å². The number of ether oxygens (including phenoxy) is 1. The van der Waals surface area contributed by atoms with Crippen LogP contribution in [-0.2, 0) is 4.74 Å². The molecule has 0 atom stereocenters. The van der Waals surface area contributed by atoms with Crippen LogP contribution in [0.15, 0.2) is 30.5 Å². The van der Waals surface area contributed by atoms with Crippen molar-refractivity contribution < 1.29 is 9.53 Å². The molecule has 3 nitrogen and oxygen atoms in total. The summed E-state index contributed by atoms with van der Waals surface area (Å²) in [4.78, 5) is 15.6. The van der Waals surface area contributed by atoms with E-state index >= 15 is 0 Å². The number of aromatic nitrogens is 1. The number of carbonyl (C=O) groups is 1. The van der Waals surface area contributed by atoms with E-state index in [-0.39, 0.29) is 0 Å². The zero-order valence-electron chi connectivity index (χ0n) is 8.03. The third kappa shape index (κ3) is 1.66. The second-order valence-electron chi connectivity index (χ2n) is 2.99. The first-order valence-electron chi connectivity index (χ1n) is 4.35. The molecule has 0 fully saturated rings. The van der Waals surface area contributed by atoms with Crippen molar-refractivity contribution in [3.8, 4) is 0 Å². The van der Waals surface area contributed by atoms with E-state index in [2.05, 4.69) is 9.72 Å². The monoisotopic (exact) mass is 221 g/mol. The van der Waals surface area contributed by atoms with Crippen LogP contribution in [0.3, 0.4) is 0 Å². The van der Waals surface area contributed by atoms with Gasteiger partial charge in [0.05, 0.1) is 23.2 Å². The van der Waals surface area contributed by atoms with Gasteiger partial charge in [0.15, 0.2) is 0 Å². The maximum absolute atomic E-state index is 11.4. The fourth-order valence-electron chi connectivity index (χ4n) is 1.41. The molecule has 0 aliphatic carbocycles. The summed E-state index contributed by atoms with van der Waals surface area (Å²) in [5.41, 5.74) is 0.995. The van der Waals surface area contributed by atoms with E-state index in [4.69, 9.17) is 11.6 Å². The molecule has 0 aliphatic heterocycles. The minimum atomic E-state index is -0.407. The molecule has 0 radical (unpaired) electrons. The summed E-state index contributed by atoms with van der Waals surface area (Å²) in [7, 11) is 1.34. The third-order valence-corrected chi connectivity index (χ3v) is 2.45. The largest absolute Gasteiger partial charge is 0.465 e. The number of methoxy groups -OCH3 is 1. The van der Waals surface area contributed by atoms with Crippen molar-refractivity contribution >= 4 is 28.5 Å². The number of carbonyl (C=O) groups excluding carboxylic acids is 1. The second kappa shape index (κ2) is 3.87. The molecule has 1 aromatic heterocycles. The summed E-state index contributed by atoms with van der Waals surface area (Å²) < 4.78 is 4.66. The van der Waals surface area contributed by atoms with Gasteiger partial charge in [0, 0.05) is 11.6 Å². The SMILES string of the molecule is COC(=O)c1ccc(Cl)c2cccnc12. The Morgan fingerprint density at radius 2 is 2.20 bits per heavy atom. The van der Waals surface area contributed by atoms with Crippen molar-refractivity contribution in [3.05, 3.63) is 41.0 Å². The lowest BCUT2D eigenvalue weighted by molar-refractivity contribution is 0.0603. The van der Waals surface area contributed by atoms with Crippen LogP contribution in [0.2, 0.25) is 5.02 Å². The Labute approximate surface area is 91.6 Å². The second-order valence-corrected chi connectivity index (χ2v) is 3.39. The van der Waals surface area contributed by atoms with Gasteiger partial charge in [-0.25, -0.2) is 4.79 Å². The van der Waals surface area contributed by atoms with Crippen LogP contribution in [0.1, 0.15) is 10.4 Å². The molecule has 0 unspecified atom stereocenters. The quantitative estimate of drug-likeness (QED) is 0.695. The standard InChI is InChI=1S/C11H8ClNO2/c1-15-11(14)8-4-5-9(12)7-3-2-6-13-10(7)8/h2-6H,1H3. The van der Waals surface area contributed by atoms with Gasteiger partial charge in [-0.3, -0.25) is 4.98 Å². The van der Waals surface area contributed by atoms with Gasteiger partial charge in [-0.05, 0) is 24.3 Å². The van der Waals surface area contributed by atoms with Gasteiger partial charge in [-0.1, -0.05) is 11.6 Å². The van der Waals surface area contributed by atoms with E-state index in [1.165, 1.54) is 7.11 Å². The van der Waals surface area contributed by atoms with Gasteiger partial charge in [0.25, 0.3) is 0 Å². The number of hydrogen-bond acceptors (Lipinski definition) is 3. The van der Waals surface area contributed by atoms with E-state index < -0.39 is 5.97 Å². The molecule has 1 aromatic carbocycles. The minimum absolute atomic E-state index is 0.407. The molecule has 76 valence electrons. The smallest absolute Gasteiger partial charge is 0.340 e. The first-order chi connectivity index (χ1) is 7.24. The van der Waals surface area contributed by atoms with Crippen LogP contribution >= 0.6 is 11.6 Å². The Morgan fingerprint density at radius 3 is 2.93 bits per heavy atom. The van der Waals surface area contributed by atoms with Gasteiger partial charge in [-0.15, -0.1) is 0 Å². The van der Waals surface area contributed by atoms with Crippen LogP contribution in [0.5, 0.6) is 0 Å². The van der Waals surface area contributed by atoms with Crippen molar-refractivity contribution in [2.45, 2.75) is 0 Å². The van der Waals surface area contributed by atoms with Crippen LogP contribution in [0.4, 0.5) is 0 Å². The summed E-state index contributed by atoms with van der Waals surface area (Å²) in [5.74, 6) is -0.407. The Morgan fingerprint density at radius 1 is 1.40 bits per heavy atom. The number of fused-ring (bicyclic) bond motifs is 1. The van der Waals surface area contributed by atoms with Crippen LogP contribution in [-0.4, -0.2) is 18.1 Å². The molecule has 1 heterocycles. The number of esters is 1. The Hall–Kier alpha value is -1.61. The summed E-state index contributed by atoms with van der Waals surface area (Å²) >= 11 is 5.98. The summed E-state index contributed by atoms with van der Waals surface area (Å²) in [6.45, 7) is 0. The van der Waals surface area contributed by atoms with Gasteiger partial charge in [0.1, 0.15) is 0 Å². The number of benzene rings is 1. The van der Waals surface area contributed by atoms with Crippen molar-refractivity contribution in [1.82, 2.24) is 4.98 Å². The topological polar surface area (TPSA) is 39.2 Å². The normalized spacial score (nSPS) is 10.3. The lowest BCUT2D eigenvalue weighted by Crippen LogP contribution is -2.02. The fourth-order valence-corrected chi connectivity index (χ4v) is 1.63. The van der Waals surface area contributed by atoms with Crippen LogP contribution in [0, 0.1) is 0 Å². The molecule has 0 saturated carbocycles. The average molecular weight is 222 g/mol. The first-order valence-corrected chi connectivity index (χ1v) is 4.73. The average Bonchev–Trinajstić information content (AvgIpc) is 2.29. The maximum atomic E-state index is 11.4. The summed E-state index contributed by atoms with van der Waals surface area (Å²) in [6, 6.07) is 6.87. The van der Waals surface area contributed by atoms with E-state index in [0.29, 0.717) is 16.1 Å². The molecular formula is C11H8ClNO2. The summed E-state index contributed by atoms with van der Waals surface area (Å²) in [6.07, 6.45) is 1.62. The zero-order chi connectivity index (χ0) is 10.8. The van der Waals surface area contributed by atoms with Crippen molar-refractivity contribution in [3.63, 3.8) is 0 Å². The highest BCUT2D eigenvalue weighted by atomic mass is 35.5. The lowest BCUT2D eigenvalue weighted by atomic mass is 10.1. The number of rotatable bonds is 1. The number of halogens is 1. The predicted molar refractivity (Wildman–Crippen MR) is 58.1 cm³/mol. The van der Waals surface area contributed by atoms with Crippen LogP contribution < -0.4 is 0 Å². The van der Waals surface area contributed by atoms with Gasteiger partial charge >= 0.3 is 5.97 Å². The van der Waals surface area contributed by atoms with Gasteiger partial charge < -0.3 is 4.74 Å². The van der Waals surface area contributed by atoms with E-state index in [0.717, 1.165) is 5.39 Å². The Kier molecular flexibility index (Phi) is 2.56. The molecule has 2 rings (SSSR count). The number of nitrogens with zero attached hydrogens (tertiary/aromatic N) is 1. The molecule has 2 aromatic rings. The Bertz CT molecular complexity index is 525. The molecule has 0 aliphatic rings. The molecule has 15 heavy (non-hydrogen) atoms. The highest BCUT2D eigenvalue weighted by Gasteiger charge is 2.12. The predicted octanol–water partition coefficient (Wildman–Crippen LogP) is 2.67. The van der Waals surface area contributed by atoms with Crippen molar-refractivity contribution in [2.75, 3.05) is 7.11 Å². The van der Waals surface area contributed by atoms with E-state index in [1.807, 2.05) is 6.07 Å². The summed E-state index contributed by atoms with van der Waals surface area (Å²) in [5, 5.41) is 1.33. The van der Waals surface area contributed by atoms with Gasteiger partial charge in [0.2, 0.25) is 0 Å². The minimum Gasteiger partial charge on any atom is -0.465 e. The molecule has 0 bridgehead atoms. The molecule has 0 N–H and O–H groups in total. The third-order valence-electron chi connectivity index (χ3n) is 2.12. The Balaban J connectivity index is 2.77. The highest BCUT2D eigenvalue weighted by Crippen LogP contribution is 2.24. The maximum Gasteiger partial charge on any atom is 0.340 e. The number of hydrogen-bond donors (Lipinski definition) is 0. The van der Waals surface area contributed by atoms with Gasteiger partial charge in [-0.2, -0.15) is 0 Å². The molecule has 0 spiro atoms. The van der Waals surface area contributed by atoms with E-state index in [1.54, 1.807) is 24.4 Å². The number of pyridine rings is 1. The zero-order valence-corrected chi connectivity index (χ0v) is 8.78. The fraction of sp³-hybridized carbons (Fsp3) is 0.0909. The molecule has 0 saturated heterocycles. The molecule has 4 heteroatoms. The molecular weight excluding hydrogens is 214 g/mol. The van der Waals surface area contributed by atoms with Crippen LogP contribution in [0.25, 0.3) is 10.9 Å².